The Morgan fingerprint density at radius 2 is 1.80 bits per heavy atom. The molecule has 0 atom stereocenters. The molecule has 4 nitrogen and oxygen atoms in total. The molecule has 0 amide bonds. The van der Waals surface area contributed by atoms with Crippen LogP contribution in [0.4, 0.5) is 11.6 Å². The first-order valence-corrected chi connectivity index (χ1v) is 6.86. The standard InChI is InChI=1S/C15H11BrN4/c16-12-3-5-13(6-4-12)19-15-18-9-7-14(20-15)11-2-1-8-17-10-11/h1-10H,(H,18,19,20). The lowest BCUT2D eigenvalue weighted by atomic mass is 10.2. The molecule has 0 aliphatic heterocycles. The van der Waals surface area contributed by atoms with Crippen LogP contribution in [0.15, 0.2) is 65.5 Å². The minimum absolute atomic E-state index is 0.564. The molecular formula is C15H11BrN4. The number of benzene rings is 1. The van der Waals surface area contributed by atoms with Crippen LogP contribution in [-0.2, 0) is 0 Å². The number of rotatable bonds is 3. The largest absolute Gasteiger partial charge is 0.324 e. The fraction of sp³-hybridized carbons (Fsp3) is 0. The van der Waals surface area contributed by atoms with Crippen LogP contribution >= 0.6 is 15.9 Å². The lowest BCUT2D eigenvalue weighted by Gasteiger charge is -2.06. The number of hydrogen-bond donors (Lipinski definition) is 1. The van der Waals surface area contributed by atoms with Gasteiger partial charge in [-0.05, 0) is 42.5 Å². The van der Waals surface area contributed by atoms with Crippen LogP contribution in [0.5, 0.6) is 0 Å². The quantitative estimate of drug-likeness (QED) is 0.789. The fourth-order valence-corrected chi connectivity index (χ4v) is 2.02. The van der Waals surface area contributed by atoms with E-state index in [0.29, 0.717) is 5.95 Å². The van der Waals surface area contributed by atoms with Crippen molar-refractivity contribution >= 4 is 27.6 Å². The summed E-state index contributed by atoms with van der Waals surface area (Å²) < 4.78 is 1.04. The van der Waals surface area contributed by atoms with Gasteiger partial charge in [0.15, 0.2) is 0 Å². The van der Waals surface area contributed by atoms with E-state index >= 15 is 0 Å². The molecule has 0 aliphatic rings. The highest BCUT2D eigenvalue weighted by atomic mass is 79.9. The van der Waals surface area contributed by atoms with Gasteiger partial charge in [0.05, 0.1) is 5.69 Å². The first-order valence-electron chi connectivity index (χ1n) is 6.07. The third-order valence-electron chi connectivity index (χ3n) is 2.71. The Labute approximate surface area is 125 Å². The molecule has 98 valence electrons. The van der Waals surface area contributed by atoms with Crippen molar-refractivity contribution in [2.75, 3.05) is 5.32 Å². The first-order chi connectivity index (χ1) is 9.81. The van der Waals surface area contributed by atoms with Crippen LogP contribution in [0.25, 0.3) is 11.3 Å². The Bertz CT molecular complexity index is 699. The lowest BCUT2D eigenvalue weighted by Crippen LogP contribution is -1.97. The van der Waals surface area contributed by atoms with Gasteiger partial charge >= 0.3 is 0 Å². The Kier molecular flexibility index (Phi) is 3.69. The highest BCUT2D eigenvalue weighted by Gasteiger charge is 2.02. The molecule has 0 aliphatic carbocycles. The van der Waals surface area contributed by atoms with E-state index < -0.39 is 0 Å². The summed E-state index contributed by atoms with van der Waals surface area (Å²) >= 11 is 3.41. The second kappa shape index (κ2) is 5.79. The molecule has 2 aromatic heterocycles. The van der Waals surface area contributed by atoms with Crippen molar-refractivity contribution in [2.24, 2.45) is 0 Å². The minimum Gasteiger partial charge on any atom is -0.324 e. The van der Waals surface area contributed by atoms with Crippen LogP contribution in [0.1, 0.15) is 0 Å². The molecule has 5 heteroatoms. The van der Waals surface area contributed by atoms with Crippen molar-refractivity contribution in [3.05, 3.63) is 65.5 Å². The topological polar surface area (TPSA) is 50.7 Å². The number of aromatic nitrogens is 3. The van der Waals surface area contributed by atoms with Crippen LogP contribution in [0, 0.1) is 0 Å². The second-order valence-corrected chi connectivity index (χ2v) is 5.05. The maximum atomic E-state index is 4.49. The third kappa shape index (κ3) is 3.00. The van der Waals surface area contributed by atoms with Gasteiger partial charge in [-0.2, -0.15) is 0 Å². The van der Waals surface area contributed by atoms with Gasteiger partial charge in [-0.1, -0.05) is 15.9 Å². The summed E-state index contributed by atoms with van der Waals surface area (Å²) in [6.45, 7) is 0. The maximum absolute atomic E-state index is 4.49. The molecule has 0 fully saturated rings. The summed E-state index contributed by atoms with van der Waals surface area (Å²) in [5.74, 6) is 0.564. The Hall–Kier alpha value is -2.27. The van der Waals surface area contributed by atoms with Crippen molar-refractivity contribution in [2.45, 2.75) is 0 Å². The highest BCUT2D eigenvalue weighted by molar-refractivity contribution is 9.10. The average molecular weight is 327 g/mol. The zero-order valence-corrected chi connectivity index (χ0v) is 12.1. The van der Waals surface area contributed by atoms with E-state index in [1.165, 1.54) is 0 Å². The van der Waals surface area contributed by atoms with Gasteiger partial charge in [-0.3, -0.25) is 4.98 Å². The summed E-state index contributed by atoms with van der Waals surface area (Å²) in [7, 11) is 0. The number of hydrogen-bond acceptors (Lipinski definition) is 4. The zero-order chi connectivity index (χ0) is 13.8. The number of pyridine rings is 1. The summed E-state index contributed by atoms with van der Waals surface area (Å²) in [5, 5.41) is 3.18. The van der Waals surface area contributed by atoms with Gasteiger partial charge in [0.1, 0.15) is 0 Å². The van der Waals surface area contributed by atoms with Crippen molar-refractivity contribution in [3.8, 4) is 11.3 Å². The maximum Gasteiger partial charge on any atom is 0.227 e. The monoisotopic (exact) mass is 326 g/mol. The van der Waals surface area contributed by atoms with Crippen LogP contribution in [-0.4, -0.2) is 15.0 Å². The van der Waals surface area contributed by atoms with E-state index in [9.17, 15) is 0 Å². The molecule has 0 bridgehead atoms. The van der Waals surface area contributed by atoms with E-state index in [1.807, 2.05) is 42.5 Å². The highest BCUT2D eigenvalue weighted by Crippen LogP contribution is 2.19. The van der Waals surface area contributed by atoms with Crippen LogP contribution in [0.3, 0.4) is 0 Å². The Morgan fingerprint density at radius 3 is 2.55 bits per heavy atom. The minimum atomic E-state index is 0.564. The number of nitrogens with zero attached hydrogens (tertiary/aromatic N) is 3. The Balaban J connectivity index is 1.86. The summed E-state index contributed by atoms with van der Waals surface area (Å²) in [6.07, 6.45) is 5.26. The normalized spacial score (nSPS) is 10.2. The summed E-state index contributed by atoms with van der Waals surface area (Å²) in [5.41, 5.74) is 2.75. The average Bonchev–Trinajstić information content (AvgIpc) is 2.51. The van der Waals surface area contributed by atoms with Gasteiger partial charge in [0.25, 0.3) is 0 Å². The van der Waals surface area contributed by atoms with Crippen LogP contribution in [0.2, 0.25) is 0 Å². The van der Waals surface area contributed by atoms with E-state index in [2.05, 4.69) is 36.2 Å². The van der Waals surface area contributed by atoms with Crippen molar-refractivity contribution in [1.29, 1.82) is 0 Å². The van der Waals surface area contributed by atoms with Gasteiger partial charge < -0.3 is 5.32 Å². The van der Waals surface area contributed by atoms with E-state index in [-0.39, 0.29) is 0 Å². The molecule has 3 rings (SSSR count). The molecule has 0 saturated carbocycles. The number of halogens is 1. The van der Waals surface area contributed by atoms with Crippen LogP contribution < -0.4 is 5.32 Å². The first kappa shape index (κ1) is 12.7. The predicted octanol–water partition coefficient (Wildman–Crippen LogP) is 4.04. The molecule has 2 heterocycles. The van der Waals surface area contributed by atoms with Crippen molar-refractivity contribution in [3.63, 3.8) is 0 Å². The summed E-state index contributed by atoms with van der Waals surface area (Å²) in [6, 6.07) is 13.6. The van der Waals surface area contributed by atoms with Gasteiger partial charge in [0, 0.05) is 34.3 Å². The fourth-order valence-electron chi connectivity index (χ4n) is 1.76. The SMILES string of the molecule is Brc1ccc(Nc2nccc(-c3cccnc3)n2)cc1. The molecule has 0 unspecified atom stereocenters. The molecule has 1 aromatic carbocycles. The zero-order valence-electron chi connectivity index (χ0n) is 10.5. The van der Waals surface area contributed by atoms with E-state index in [1.54, 1.807) is 18.6 Å². The third-order valence-corrected chi connectivity index (χ3v) is 3.24. The second-order valence-electron chi connectivity index (χ2n) is 4.14. The number of anilines is 2. The molecule has 0 saturated heterocycles. The molecule has 20 heavy (non-hydrogen) atoms. The van der Waals surface area contributed by atoms with Crippen molar-refractivity contribution in [1.82, 2.24) is 15.0 Å². The molecule has 1 N–H and O–H groups in total. The van der Waals surface area contributed by atoms with E-state index in [4.69, 9.17) is 0 Å². The Morgan fingerprint density at radius 1 is 0.950 bits per heavy atom. The molecule has 0 radical (unpaired) electrons. The molecular weight excluding hydrogens is 316 g/mol. The van der Waals surface area contributed by atoms with Crippen molar-refractivity contribution < 1.29 is 0 Å². The molecule has 3 aromatic rings. The lowest BCUT2D eigenvalue weighted by molar-refractivity contribution is 1.16. The van der Waals surface area contributed by atoms with Gasteiger partial charge in [-0.15, -0.1) is 0 Å². The summed E-state index contributed by atoms with van der Waals surface area (Å²) in [4.78, 5) is 12.8. The van der Waals surface area contributed by atoms with Gasteiger partial charge in [-0.25, -0.2) is 9.97 Å². The smallest absolute Gasteiger partial charge is 0.227 e. The van der Waals surface area contributed by atoms with E-state index in [0.717, 1.165) is 21.4 Å². The molecule has 0 spiro atoms. The predicted molar refractivity (Wildman–Crippen MR) is 82.7 cm³/mol. The van der Waals surface area contributed by atoms with Gasteiger partial charge in [0.2, 0.25) is 5.95 Å². The number of nitrogens with one attached hydrogen (secondary N) is 1.